The molecule has 0 saturated heterocycles. The summed E-state index contributed by atoms with van der Waals surface area (Å²) in [6.07, 6.45) is 2.79. The highest BCUT2D eigenvalue weighted by atomic mass is 32.1. The van der Waals surface area contributed by atoms with E-state index in [4.69, 9.17) is 0 Å². The first-order valence-corrected chi connectivity index (χ1v) is 10.1. The van der Waals surface area contributed by atoms with Crippen molar-refractivity contribution < 1.29 is 9.59 Å². The Morgan fingerprint density at radius 2 is 2.19 bits per heavy atom. The van der Waals surface area contributed by atoms with Crippen LogP contribution >= 0.6 is 11.3 Å². The average Bonchev–Trinajstić information content (AvgIpc) is 3.20. The van der Waals surface area contributed by atoms with E-state index in [2.05, 4.69) is 24.1 Å². The Kier molecular flexibility index (Phi) is 4.56. The highest BCUT2D eigenvalue weighted by molar-refractivity contribution is 7.09. The third kappa shape index (κ3) is 3.28. The number of carbonyl (C=O) groups excluding carboxylic acids is 2. The number of carbonyl (C=O) groups is 2. The van der Waals surface area contributed by atoms with Gasteiger partial charge in [0.25, 0.3) is 5.91 Å². The van der Waals surface area contributed by atoms with Crippen molar-refractivity contribution in [2.75, 3.05) is 6.54 Å². The fraction of sp³-hybridized carbons (Fsp3) is 0.526. The maximum absolute atomic E-state index is 12.7. The predicted molar refractivity (Wildman–Crippen MR) is 99.9 cm³/mol. The molecule has 0 atom stereocenters. The Bertz CT molecular complexity index is 821. The normalized spacial score (nSPS) is 16.7. The summed E-state index contributed by atoms with van der Waals surface area (Å²) >= 11 is 1.62. The molecule has 2 aromatic rings. The second kappa shape index (κ2) is 6.87. The van der Waals surface area contributed by atoms with Gasteiger partial charge in [-0.2, -0.15) is 0 Å². The highest BCUT2D eigenvalue weighted by Crippen LogP contribution is 2.33. The fourth-order valence-corrected chi connectivity index (χ4v) is 4.20. The van der Waals surface area contributed by atoms with Crippen molar-refractivity contribution >= 4 is 23.2 Å². The Hall–Kier alpha value is -2.15. The lowest BCUT2D eigenvalue weighted by Crippen LogP contribution is -2.37. The van der Waals surface area contributed by atoms with Crippen LogP contribution < -0.4 is 5.32 Å². The van der Waals surface area contributed by atoms with Gasteiger partial charge >= 0.3 is 0 Å². The highest BCUT2D eigenvalue weighted by Gasteiger charge is 2.36. The summed E-state index contributed by atoms with van der Waals surface area (Å²) in [5.74, 6) is 0.777. The van der Waals surface area contributed by atoms with Crippen molar-refractivity contribution in [2.24, 2.45) is 5.92 Å². The van der Waals surface area contributed by atoms with Crippen LogP contribution in [0.4, 0.5) is 0 Å². The van der Waals surface area contributed by atoms with Crippen LogP contribution in [0.15, 0.2) is 17.5 Å². The molecule has 2 aliphatic rings. The maximum Gasteiger partial charge on any atom is 0.287 e. The van der Waals surface area contributed by atoms with Gasteiger partial charge in [0, 0.05) is 35.5 Å². The standard InChI is InChI=1S/C19H24N4O2S/c1-12(2)23-16-7-8-22(19(25)13-5-6-13)11-15(16)21-17(23)18(24)20-10-14-4-3-9-26-14/h3-4,9,12-13H,5-8,10-11H2,1-2H3,(H,20,24). The molecule has 26 heavy (non-hydrogen) atoms. The van der Waals surface area contributed by atoms with Crippen molar-refractivity contribution in [3.8, 4) is 0 Å². The number of aromatic nitrogens is 2. The maximum atomic E-state index is 12.7. The molecule has 0 bridgehead atoms. The summed E-state index contributed by atoms with van der Waals surface area (Å²) in [5, 5.41) is 4.98. The van der Waals surface area contributed by atoms with E-state index in [9.17, 15) is 9.59 Å². The van der Waals surface area contributed by atoms with Crippen LogP contribution in [0, 0.1) is 5.92 Å². The quantitative estimate of drug-likeness (QED) is 0.878. The summed E-state index contributed by atoms with van der Waals surface area (Å²) in [4.78, 5) is 32.8. The van der Waals surface area contributed by atoms with Gasteiger partial charge in [-0.15, -0.1) is 11.3 Å². The first-order valence-electron chi connectivity index (χ1n) is 9.24. The van der Waals surface area contributed by atoms with Crippen molar-refractivity contribution in [1.82, 2.24) is 19.8 Å². The molecule has 0 spiro atoms. The number of nitrogens with one attached hydrogen (secondary N) is 1. The summed E-state index contributed by atoms with van der Waals surface area (Å²) in [7, 11) is 0. The van der Waals surface area contributed by atoms with E-state index in [0.717, 1.165) is 42.1 Å². The Morgan fingerprint density at radius 1 is 1.38 bits per heavy atom. The predicted octanol–water partition coefficient (Wildman–Crippen LogP) is 2.75. The van der Waals surface area contributed by atoms with Gasteiger partial charge in [0.05, 0.1) is 18.8 Å². The minimum Gasteiger partial charge on any atom is -0.344 e. The number of hydrogen-bond donors (Lipinski definition) is 1. The van der Waals surface area contributed by atoms with Gasteiger partial charge in [0.15, 0.2) is 5.82 Å². The van der Waals surface area contributed by atoms with Gasteiger partial charge < -0.3 is 14.8 Å². The number of imidazole rings is 1. The molecule has 1 aliphatic heterocycles. The summed E-state index contributed by atoms with van der Waals surface area (Å²) in [5.41, 5.74) is 1.97. The zero-order chi connectivity index (χ0) is 18.3. The molecule has 0 unspecified atom stereocenters. The van der Waals surface area contributed by atoms with Crippen LogP contribution in [0.2, 0.25) is 0 Å². The van der Waals surface area contributed by atoms with Crippen LogP contribution in [0.25, 0.3) is 0 Å². The number of thiophene rings is 1. The van der Waals surface area contributed by atoms with Crippen LogP contribution in [-0.4, -0.2) is 32.8 Å². The largest absolute Gasteiger partial charge is 0.344 e. The molecule has 0 aromatic carbocycles. The molecular weight excluding hydrogens is 348 g/mol. The lowest BCUT2D eigenvalue weighted by molar-refractivity contribution is -0.133. The van der Waals surface area contributed by atoms with Crippen molar-refractivity contribution in [1.29, 1.82) is 0 Å². The molecule has 2 aromatic heterocycles. The van der Waals surface area contributed by atoms with Gasteiger partial charge in [0.2, 0.25) is 5.91 Å². The molecule has 3 heterocycles. The van der Waals surface area contributed by atoms with Crippen LogP contribution in [0.5, 0.6) is 0 Å². The summed E-state index contributed by atoms with van der Waals surface area (Å²) < 4.78 is 2.04. The molecule has 4 rings (SSSR count). The first kappa shape index (κ1) is 17.3. The van der Waals surface area contributed by atoms with Gasteiger partial charge in [-0.25, -0.2) is 4.98 Å². The third-order valence-corrected chi connectivity index (χ3v) is 5.89. The van der Waals surface area contributed by atoms with Gasteiger partial charge in [-0.3, -0.25) is 9.59 Å². The van der Waals surface area contributed by atoms with E-state index < -0.39 is 0 Å². The monoisotopic (exact) mass is 372 g/mol. The molecule has 6 nitrogen and oxygen atoms in total. The van der Waals surface area contributed by atoms with Crippen molar-refractivity contribution in [3.63, 3.8) is 0 Å². The number of rotatable bonds is 5. The Morgan fingerprint density at radius 3 is 2.85 bits per heavy atom. The lowest BCUT2D eigenvalue weighted by atomic mass is 10.1. The fourth-order valence-electron chi connectivity index (χ4n) is 3.56. The zero-order valence-electron chi connectivity index (χ0n) is 15.2. The molecule has 1 aliphatic carbocycles. The Labute approximate surface area is 157 Å². The zero-order valence-corrected chi connectivity index (χ0v) is 16.0. The van der Waals surface area contributed by atoms with Crippen LogP contribution in [0.3, 0.4) is 0 Å². The minimum absolute atomic E-state index is 0.151. The van der Waals surface area contributed by atoms with Crippen molar-refractivity contribution in [3.05, 3.63) is 39.6 Å². The van der Waals surface area contributed by atoms with E-state index in [1.165, 1.54) is 0 Å². The van der Waals surface area contributed by atoms with E-state index >= 15 is 0 Å². The number of nitrogens with zero attached hydrogens (tertiary/aromatic N) is 3. The van der Waals surface area contributed by atoms with Gasteiger partial charge in [-0.05, 0) is 38.1 Å². The number of fused-ring (bicyclic) bond motifs is 1. The summed E-state index contributed by atoms with van der Waals surface area (Å²) in [6, 6.07) is 4.14. The summed E-state index contributed by atoms with van der Waals surface area (Å²) in [6.45, 7) is 5.89. The third-order valence-electron chi connectivity index (χ3n) is 5.01. The Balaban J connectivity index is 1.55. The second-order valence-electron chi connectivity index (χ2n) is 7.34. The van der Waals surface area contributed by atoms with Gasteiger partial charge in [0.1, 0.15) is 0 Å². The van der Waals surface area contributed by atoms with Crippen LogP contribution in [-0.2, 0) is 24.3 Å². The van der Waals surface area contributed by atoms with E-state index in [1.54, 1.807) is 11.3 Å². The van der Waals surface area contributed by atoms with E-state index in [-0.39, 0.29) is 23.8 Å². The first-order chi connectivity index (χ1) is 12.5. The van der Waals surface area contributed by atoms with Crippen molar-refractivity contribution in [2.45, 2.75) is 52.2 Å². The molecular formula is C19H24N4O2S. The SMILES string of the molecule is CC(C)n1c(C(=O)NCc2cccs2)nc2c1CCN(C(=O)C1CC1)C2. The molecule has 2 amide bonds. The van der Waals surface area contributed by atoms with Gasteiger partial charge in [-0.1, -0.05) is 6.07 Å². The second-order valence-corrected chi connectivity index (χ2v) is 8.37. The lowest BCUT2D eigenvalue weighted by Gasteiger charge is -2.28. The van der Waals surface area contributed by atoms with E-state index in [0.29, 0.717) is 18.9 Å². The number of hydrogen-bond acceptors (Lipinski definition) is 4. The minimum atomic E-state index is -0.151. The number of amides is 2. The molecule has 1 saturated carbocycles. The average molecular weight is 372 g/mol. The molecule has 1 N–H and O–H groups in total. The van der Waals surface area contributed by atoms with Crippen LogP contribution in [0.1, 0.15) is 59.6 Å². The smallest absolute Gasteiger partial charge is 0.287 e. The van der Waals surface area contributed by atoms with E-state index in [1.807, 2.05) is 27.0 Å². The topological polar surface area (TPSA) is 67.2 Å². The molecule has 7 heteroatoms. The molecule has 1 fully saturated rings. The molecule has 0 radical (unpaired) electrons. The molecule has 138 valence electrons.